The van der Waals surface area contributed by atoms with Gasteiger partial charge >= 0.3 is 5.97 Å². The van der Waals surface area contributed by atoms with Crippen LogP contribution in [0.4, 0.5) is 0 Å². The van der Waals surface area contributed by atoms with Crippen molar-refractivity contribution in [3.63, 3.8) is 0 Å². The quantitative estimate of drug-likeness (QED) is 0.905. The number of hydrogen-bond acceptors (Lipinski definition) is 3. The summed E-state index contributed by atoms with van der Waals surface area (Å²) in [5.41, 5.74) is 1.63. The molecule has 1 aromatic rings. The first kappa shape index (κ1) is 13.6. The van der Waals surface area contributed by atoms with Crippen LogP contribution in [-0.2, 0) is 10.2 Å². The number of carbonyl (C=O) groups is 1. The number of nitrogens with zero attached hydrogens (tertiary/aromatic N) is 2. The van der Waals surface area contributed by atoms with Crippen LogP contribution in [0, 0.1) is 0 Å². The summed E-state index contributed by atoms with van der Waals surface area (Å²) < 4.78 is 0. The Labute approximate surface area is 120 Å². The molecule has 3 rings (SSSR count). The van der Waals surface area contributed by atoms with Gasteiger partial charge in [0.25, 0.3) is 0 Å². The molecule has 0 aliphatic carbocycles. The number of benzene rings is 1. The topological polar surface area (TPSA) is 43.8 Å². The normalized spacial score (nSPS) is 31.1. The van der Waals surface area contributed by atoms with Crippen LogP contribution in [-0.4, -0.2) is 60.1 Å². The number of piperidine rings is 1. The molecule has 0 aromatic heterocycles. The van der Waals surface area contributed by atoms with E-state index in [4.69, 9.17) is 5.11 Å². The van der Waals surface area contributed by atoms with E-state index in [0.717, 1.165) is 26.1 Å². The predicted octanol–water partition coefficient (Wildman–Crippen LogP) is 1.42. The van der Waals surface area contributed by atoms with Crippen molar-refractivity contribution < 1.29 is 9.90 Å². The van der Waals surface area contributed by atoms with Crippen molar-refractivity contribution in [3.8, 4) is 0 Å². The highest BCUT2D eigenvalue weighted by Gasteiger charge is 2.49. The van der Waals surface area contributed by atoms with Gasteiger partial charge in [0.15, 0.2) is 0 Å². The van der Waals surface area contributed by atoms with Crippen molar-refractivity contribution in [2.75, 3.05) is 33.2 Å². The monoisotopic (exact) mass is 274 g/mol. The van der Waals surface area contributed by atoms with Gasteiger partial charge in [0.05, 0.1) is 6.54 Å². The van der Waals surface area contributed by atoms with E-state index in [1.54, 1.807) is 0 Å². The number of carboxylic acids is 1. The molecule has 1 N–H and O–H groups in total. The van der Waals surface area contributed by atoms with Crippen LogP contribution in [0.3, 0.4) is 0 Å². The Bertz CT molecular complexity index is 491. The minimum Gasteiger partial charge on any atom is -0.480 e. The molecule has 2 atom stereocenters. The standard InChI is InChI=1S/C16H22N2O2/c1-17-9-7-16(13-5-3-2-4-6-13)8-10-18(11-14(16)17)12-15(19)20/h2-6,14H,7-12H2,1H3,(H,19,20). The Balaban J connectivity index is 1.86. The minimum atomic E-state index is -0.724. The number of rotatable bonds is 3. The summed E-state index contributed by atoms with van der Waals surface area (Å²) in [6.45, 7) is 3.00. The van der Waals surface area contributed by atoms with Gasteiger partial charge in [-0.2, -0.15) is 0 Å². The summed E-state index contributed by atoms with van der Waals surface area (Å²) in [6.07, 6.45) is 2.23. The highest BCUT2D eigenvalue weighted by atomic mass is 16.4. The van der Waals surface area contributed by atoms with E-state index in [1.165, 1.54) is 12.0 Å². The van der Waals surface area contributed by atoms with Crippen LogP contribution in [0.15, 0.2) is 30.3 Å². The molecule has 0 spiro atoms. The Morgan fingerprint density at radius 2 is 2.00 bits per heavy atom. The summed E-state index contributed by atoms with van der Waals surface area (Å²) in [6, 6.07) is 11.2. The summed E-state index contributed by atoms with van der Waals surface area (Å²) >= 11 is 0. The summed E-state index contributed by atoms with van der Waals surface area (Å²) in [7, 11) is 2.17. The first-order chi connectivity index (χ1) is 9.62. The molecule has 0 bridgehead atoms. The molecule has 2 heterocycles. The van der Waals surface area contributed by atoms with Crippen molar-refractivity contribution in [2.45, 2.75) is 24.3 Å². The van der Waals surface area contributed by atoms with Gasteiger partial charge in [-0.15, -0.1) is 0 Å². The summed E-state index contributed by atoms with van der Waals surface area (Å²) in [5.74, 6) is -0.724. The first-order valence-electron chi connectivity index (χ1n) is 7.32. The second kappa shape index (κ2) is 5.19. The SMILES string of the molecule is CN1CCC2(c3ccccc3)CCN(CC(=O)O)CC12. The van der Waals surface area contributed by atoms with Crippen molar-refractivity contribution in [3.05, 3.63) is 35.9 Å². The number of fused-ring (bicyclic) bond motifs is 1. The molecule has 4 nitrogen and oxygen atoms in total. The number of hydrogen-bond donors (Lipinski definition) is 1. The van der Waals surface area contributed by atoms with Crippen molar-refractivity contribution in [2.24, 2.45) is 0 Å². The van der Waals surface area contributed by atoms with E-state index in [0.29, 0.717) is 6.04 Å². The smallest absolute Gasteiger partial charge is 0.317 e. The molecular formula is C16H22N2O2. The van der Waals surface area contributed by atoms with Gasteiger partial charge in [-0.05, 0) is 38.5 Å². The molecule has 2 unspecified atom stereocenters. The van der Waals surface area contributed by atoms with Crippen LogP contribution >= 0.6 is 0 Å². The number of likely N-dealkylation sites (N-methyl/N-ethyl adjacent to an activating group) is 1. The van der Waals surface area contributed by atoms with Gasteiger partial charge in [0, 0.05) is 18.0 Å². The summed E-state index contributed by atoms with van der Waals surface area (Å²) in [5, 5.41) is 9.00. The molecule has 0 radical (unpaired) electrons. The van der Waals surface area contributed by atoms with E-state index < -0.39 is 5.97 Å². The van der Waals surface area contributed by atoms with Gasteiger partial charge in [0.2, 0.25) is 0 Å². The predicted molar refractivity (Wildman–Crippen MR) is 77.8 cm³/mol. The average Bonchev–Trinajstić information content (AvgIpc) is 2.78. The Hall–Kier alpha value is -1.39. The second-order valence-electron chi connectivity index (χ2n) is 6.15. The van der Waals surface area contributed by atoms with Crippen LogP contribution in [0.25, 0.3) is 0 Å². The van der Waals surface area contributed by atoms with Crippen molar-refractivity contribution in [1.82, 2.24) is 9.80 Å². The zero-order valence-corrected chi connectivity index (χ0v) is 12.0. The third-order valence-corrected chi connectivity index (χ3v) is 5.09. The van der Waals surface area contributed by atoms with E-state index in [9.17, 15) is 4.79 Å². The number of likely N-dealkylation sites (tertiary alicyclic amines) is 2. The van der Waals surface area contributed by atoms with E-state index in [1.807, 2.05) is 0 Å². The average molecular weight is 274 g/mol. The lowest BCUT2D eigenvalue weighted by Gasteiger charge is -2.45. The molecule has 2 saturated heterocycles. The first-order valence-corrected chi connectivity index (χ1v) is 7.32. The Kier molecular flexibility index (Phi) is 3.52. The molecule has 0 saturated carbocycles. The fourth-order valence-corrected chi connectivity index (χ4v) is 4.01. The van der Waals surface area contributed by atoms with Gasteiger partial charge in [-0.1, -0.05) is 30.3 Å². The lowest BCUT2D eigenvalue weighted by atomic mass is 9.69. The molecule has 2 fully saturated rings. The maximum Gasteiger partial charge on any atom is 0.317 e. The van der Waals surface area contributed by atoms with Gasteiger partial charge < -0.3 is 10.0 Å². The Morgan fingerprint density at radius 3 is 2.70 bits per heavy atom. The third kappa shape index (κ3) is 2.23. The van der Waals surface area contributed by atoms with E-state index in [2.05, 4.69) is 47.2 Å². The largest absolute Gasteiger partial charge is 0.480 e. The fourth-order valence-electron chi connectivity index (χ4n) is 4.01. The molecule has 1 aromatic carbocycles. The molecule has 0 amide bonds. The van der Waals surface area contributed by atoms with Crippen molar-refractivity contribution >= 4 is 5.97 Å². The van der Waals surface area contributed by atoms with Crippen LogP contribution in [0.1, 0.15) is 18.4 Å². The highest BCUT2D eigenvalue weighted by Crippen LogP contribution is 2.44. The molecule has 2 aliphatic rings. The van der Waals surface area contributed by atoms with Gasteiger partial charge in [-0.25, -0.2) is 0 Å². The van der Waals surface area contributed by atoms with Crippen LogP contribution in [0.2, 0.25) is 0 Å². The second-order valence-corrected chi connectivity index (χ2v) is 6.15. The number of carboxylic acid groups (broad SMARTS) is 1. The van der Waals surface area contributed by atoms with Gasteiger partial charge in [-0.3, -0.25) is 9.69 Å². The number of aliphatic carboxylic acids is 1. The zero-order valence-electron chi connectivity index (χ0n) is 12.0. The lowest BCUT2D eigenvalue weighted by Crippen LogP contribution is -2.55. The van der Waals surface area contributed by atoms with Crippen LogP contribution in [0.5, 0.6) is 0 Å². The maximum atomic E-state index is 10.9. The van der Waals surface area contributed by atoms with E-state index in [-0.39, 0.29) is 12.0 Å². The van der Waals surface area contributed by atoms with Crippen molar-refractivity contribution in [1.29, 1.82) is 0 Å². The third-order valence-electron chi connectivity index (χ3n) is 5.09. The molecular weight excluding hydrogens is 252 g/mol. The molecule has 4 heteroatoms. The molecule has 20 heavy (non-hydrogen) atoms. The zero-order chi connectivity index (χ0) is 14.2. The maximum absolute atomic E-state index is 10.9. The molecule has 2 aliphatic heterocycles. The van der Waals surface area contributed by atoms with E-state index >= 15 is 0 Å². The minimum absolute atomic E-state index is 0.162. The summed E-state index contributed by atoms with van der Waals surface area (Å²) in [4.78, 5) is 15.4. The fraction of sp³-hybridized carbons (Fsp3) is 0.562. The highest BCUT2D eigenvalue weighted by molar-refractivity contribution is 5.69. The lowest BCUT2D eigenvalue weighted by molar-refractivity contribution is -0.139. The van der Waals surface area contributed by atoms with Gasteiger partial charge in [0.1, 0.15) is 0 Å². The molecule has 108 valence electrons. The van der Waals surface area contributed by atoms with Crippen LogP contribution < -0.4 is 0 Å². The Morgan fingerprint density at radius 1 is 1.30 bits per heavy atom.